The average Bonchev–Trinajstić information content (AvgIpc) is 2.14. The number of hydrazone groups is 1. The van der Waals surface area contributed by atoms with Crippen molar-refractivity contribution < 1.29 is 12.8 Å². The standard InChI is InChI=1S/C9H11FN2O2S/c1-7(11-12-15(2,13)14)8-3-5-9(10)6-4-8/h3-6,12H,1-2H3/b11-7-. The van der Waals surface area contributed by atoms with E-state index in [9.17, 15) is 12.8 Å². The molecule has 0 fully saturated rings. The van der Waals surface area contributed by atoms with E-state index in [0.717, 1.165) is 6.26 Å². The Bertz CT molecular complexity index is 465. The molecule has 1 aromatic rings. The second-order valence-electron chi connectivity index (χ2n) is 3.07. The first-order chi connectivity index (χ1) is 6.88. The van der Waals surface area contributed by atoms with Crippen molar-refractivity contribution in [2.24, 2.45) is 5.10 Å². The summed E-state index contributed by atoms with van der Waals surface area (Å²) in [5.74, 6) is -0.345. The molecule has 1 N–H and O–H groups in total. The van der Waals surface area contributed by atoms with Gasteiger partial charge in [-0.3, -0.25) is 0 Å². The maximum absolute atomic E-state index is 12.6. The fourth-order valence-corrected chi connectivity index (χ4v) is 1.21. The van der Waals surface area contributed by atoms with Crippen molar-refractivity contribution in [1.29, 1.82) is 0 Å². The summed E-state index contributed by atoms with van der Waals surface area (Å²) in [6, 6.07) is 5.62. The molecule has 6 heteroatoms. The third-order valence-corrected chi connectivity index (χ3v) is 2.06. The van der Waals surface area contributed by atoms with Gasteiger partial charge in [0.05, 0.1) is 12.0 Å². The van der Waals surface area contributed by atoms with Crippen molar-refractivity contribution in [3.8, 4) is 0 Å². The summed E-state index contributed by atoms with van der Waals surface area (Å²) < 4.78 is 34.1. The van der Waals surface area contributed by atoms with Crippen LogP contribution in [0.3, 0.4) is 0 Å². The molecule has 82 valence electrons. The average molecular weight is 230 g/mol. The molecule has 15 heavy (non-hydrogen) atoms. The predicted octanol–water partition coefficient (Wildman–Crippen LogP) is 1.10. The third-order valence-electron chi connectivity index (χ3n) is 1.64. The molecule has 0 atom stereocenters. The minimum absolute atomic E-state index is 0.345. The molecule has 0 aromatic heterocycles. The second-order valence-corrected chi connectivity index (χ2v) is 4.79. The highest BCUT2D eigenvalue weighted by Crippen LogP contribution is 2.03. The maximum atomic E-state index is 12.6. The van der Waals surface area contributed by atoms with Crippen LogP contribution in [0.25, 0.3) is 0 Å². The van der Waals surface area contributed by atoms with Crippen LogP contribution in [0.1, 0.15) is 12.5 Å². The fraction of sp³-hybridized carbons (Fsp3) is 0.222. The molecule has 0 amide bonds. The highest BCUT2D eigenvalue weighted by atomic mass is 32.2. The van der Waals surface area contributed by atoms with Gasteiger partial charge in [-0.15, -0.1) is 0 Å². The van der Waals surface area contributed by atoms with E-state index in [1.165, 1.54) is 24.3 Å². The van der Waals surface area contributed by atoms with Crippen molar-refractivity contribution in [2.75, 3.05) is 6.26 Å². The first kappa shape index (κ1) is 11.6. The molecule has 0 saturated carbocycles. The van der Waals surface area contributed by atoms with Gasteiger partial charge in [0, 0.05) is 0 Å². The third kappa shape index (κ3) is 4.07. The lowest BCUT2D eigenvalue weighted by atomic mass is 10.1. The molecule has 0 aliphatic heterocycles. The summed E-state index contributed by atoms with van der Waals surface area (Å²) >= 11 is 0. The Morgan fingerprint density at radius 1 is 1.33 bits per heavy atom. The zero-order valence-corrected chi connectivity index (χ0v) is 9.18. The molecule has 4 nitrogen and oxygen atoms in total. The van der Waals surface area contributed by atoms with Gasteiger partial charge < -0.3 is 0 Å². The lowest BCUT2D eigenvalue weighted by molar-refractivity contribution is 0.590. The summed E-state index contributed by atoms with van der Waals surface area (Å²) in [4.78, 5) is 2.00. The van der Waals surface area contributed by atoms with E-state index in [4.69, 9.17) is 0 Å². The largest absolute Gasteiger partial charge is 0.244 e. The number of halogens is 1. The number of hydrogen-bond donors (Lipinski definition) is 1. The summed E-state index contributed by atoms with van der Waals surface area (Å²) in [7, 11) is -3.35. The molecule has 0 aliphatic rings. The van der Waals surface area contributed by atoms with E-state index in [-0.39, 0.29) is 5.82 Å². The first-order valence-corrected chi connectivity index (χ1v) is 6.04. The molecule has 0 spiro atoms. The van der Waals surface area contributed by atoms with Crippen LogP contribution in [0, 0.1) is 5.82 Å². The first-order valence-electron chi connectivity index (χ1n) is 4.15. The molecule has 0 aliphatic carbocycles. The lowest BCUT2D eigenvalue weighted by Crippen LogP contribution is -2.17. The Morgan fingerprint density at radius 2 is 1.87 bits per heavy atom. The van der Waals surface area contributed by atoms with Gasteiger partial charge in [0.2, 0.25) is 10.0 Å². The van der Waals surface area contributed by atoms with Gasteiger partial charge in [-0.25, -0.2) is 17.6 Å². The van der Waals surface area contributed by atoms with Gasteiger partial charge in [0.15, 0.2) is 0 Å². The van der Waals surface area contributed by atoms with Crippen molar-refractivity contribution in [3.05, 3.63) is 35.6 Å². The number of hydrogen-bond acceptors (Lipinski definition) is 3. The van der Waals surface area contributed by atoms with Crippen LogP contribution in [0.2, 0.25) is 0 Å². The monoisotopic (exact) mass is 230 g/mol. The summed E-state index contributed by atoms with van der Waals surface area (Å²) in [5, 5.41) is 3.65. The molecular formula is C9H11FN2O2S. The van der Waals surface area contributed by atoms with Crippen molar-refractivity contribution >= 4 is 15.7 Å². The lowest BCUT2D eigenvalue weighted by Gasteiger charge is -2.01. The van der Waals surface area contributed by atoms with Gasteiger partial charge in [-0.1, -0.05) is 12.1 Å². The van der Waals surface area contributed by atoms with Crippen LogP contribution in [0.4, 0.5) is 4.39 Å². The minimum atomic E-state index is -3.35. The van der Waals surface area contributed by atoms with Crippen molar-refractivity contribution in [3.63, 3.8) is 0 Å². The quantitative estimate of drug-likeness (QED) is 0.624. The normalized spacial score (nSPS) is 12.6. The molecule has 0 bridgehead atoms. The second kappa shape index (κ2) is 4.39. The smallest absolute Gasteiger partial charge is 0.207 e. The number of nitrogens with zero attached hydrogens (tertiary/aromatic N) is 1. The Kier molecular flexibility index (Phi) is 3.41. The molecule has 0 heterocycles. The van der Waals surface area contributed by atoms with Gasteiger partial charge in [-0.05, 0) is 24.6 Å². The SMILES string of the molecule is C/C(=N/NS(C)(=O)=O)c1ccc(F)cc1. The van der Waals surface area contributed by atoms with E-state index in [0.29, 0.717) is 11.3 Å². The maximum Gasteiger partial charge on any atom is 0.244 e. The predicted molar refractivity (Wildman–Crippen MR) is 56.6 cm³/mol. The zero-order chi connectivity index (χ0) is 11.5. The van der Waals surface area contributed by atoms with Gasteiger partial charge in [0.25, 0.3) is 0 Å². The molecule has 0 radical (unpaired) electrons. The summed E-state index contributed by atoms with van der Waals surface area (Å²) in [5.41, 5.74) is 1.13. The summed E-state index contributed by atoms with van der Waals surface area (Å²) in [6.45, 7) is 1.63. The Labute approximate surface area is 87.9 Å². The van der Waals surface area contributed by atoms with E-state index in [1.54, 1.807) is 6.92 Å². The topological polar surface area (TPSA) is 58.5 Å². The van der Waals surface area contributed by atoms with E-state index in [1.807, 2.05) is 4.83 Å². The Hall–Kier alpha value is -1.43. The van der Waals surface area contributed by atoms with Crippen LogP contribution in [-0.2, 0) is 10.0 Å². The molecule has 1 rings (SSSR count). The number of rotatable bonds is 3. The fourth-order valence-electron chi connectivity index (χ4n) is 0.907. The van der Waals surface area contributed by atoms with Gasteiger partial charge in [0.1, 0.15) is 5.82 Å². The van der Waals surface area contributed by atoms with Crippen molar-refractivity contribution in [1.82, 2.24) is 4.83 Å². The number of nitrogens with one attached hydrogen (secondary N) is 1. The summed E-state index contributed by atoms with van der Waals surface area (Å²) in [6.07, 6.45) is 1.01. The molecule has 0 saturated heterocycles. The van der Waals surface area contributed by atoms with Crippen LogP contribution in [-0.4, -0.2) is 20.4 Å². The van der Waals surface area contributed by atoms with Crippen molar-refractivity contribution in [2.45, 2.75) is 6.92 Å². The highest BCUT2D eigenvalue weighted by Gasteiger charge is 2.00. The minimum Gasteiger partial charge on any atom is -0.207 e. The Balaban J connectivity index is 2.85. The van der Waals surface area contributed by atoms with Crippen LogP contribution in [0.5, 0.6) is 0 Å². The van der Waals surface area contributed by atoms with E-state index < -0.39 is 10.0 Å². The van der Waals surface area contributed by atoms with E-state index in [2.05, 4.69) is 5.10 Å². The molecule has 1 aromatic carbocycles. The van der Waals surface area contributed by atoms with Gasteiger partial charge >= 0.3 is 0 Å². The number of sulfonamides is 1. The molecule has 0 unspecified atom stereocenters. The van der Waals surface area contributed by atoms with E-state index >= 15 is 0 Å². The Morgan fingerprint density at radius 3 is 2.33 bits per heavy atom. The van der Waals surface area contributed by atoms with Crippen LogP contribution < -0.4 is 4.83 Å². The van der Waals surface area contributed by atoms with Crippen LogP contribution in [0.15, 0.2) is 29.4 Å². The molecular weight excluding hydrogens is 219 g/mol. The zero-order valence-electron chi connectivity index (χ0n) is 8.36. The van der Waals surface area contributed by atoms with Crippen LogP contribution >= 0.6 is 0 Å². The van der Waals surface area contributed by atoms with Gasteiger partial charge in [-0.2, -0.15) is 5.10 Å². The highest BCUT2D eigenvalue weighted by molar-refractivity contribution is 7.88. The number of benzene rings is 1.